The molecule has 0 aliphatic carbocycles. The molecule has 3 amide bonds. The summed E-state index contributed by atoms with van der Waals surface area (Å²) in [5, 5.41) is 3.11. The van der Waals surface area contributed by atoms with Crippen LogP contribution < -0.4 is 9.64 Å². The number of nitrogens with zero attached hydrogens (tertiary/aromatic N) is 3. The largest absolute Gasteiger partial charge is 0.493 e. The number of imide groups is 1. The van der Waals surface area contributed by atoms with E-state index in [0.29, 0.717) is 37.1 Å². The van der Waals surface area contributed by atoms with E-state index in [4.69, 9.17) is 9.26 Å². The molecule has 0 atom stereocenters. The van der Waals surface area contributed by atoms with Crippen LogP contribution in [0.3, 0.4) is 0 Å². The number of hydrogen-bond donors (Lipinski definition) is 0. The second-order valence-electron chi connectivity index (χ2n) is 7.97. The highest BCUT2D eigenvalue weighted by molar-refractivity contribution is 6.05. The Balaban J connectivity index is 1.43. The Morgan fingerprint density at radius 3 is 2.59 bits per heavy atom. The van der Waals surface area contributed by atoms with Crippen LogP contribution in [0.1, 0.15) is 37.4 Å². The van der Waals surface area contributed by atoms with Crippen LogP contribution >= 0.6 is 0 Å². The number of fused-ring (bicyclic) bond motifs is 1. The molecule has 1 fully saturated rings. The van der Waals surface area contributed by atoms with Gasteiger partial charge in [0.15, 0.2) is 11.3 Å². The van der Waals surface area contributed by atoms with Gasteiger partial charge in [-0.2, -0.15) is 13.2 Å². The molecule has 180 valence electrons. The molecule has 7 nitrogen and oxygen atoms in total. The summed E-state index contributed by atoms with van der Waals surface area (Å²) in [5.74, 6) is 0.160. The lowest BCUT2D eigenvalue weighted by atomic mass is 10.0. The van der Waals surface area contributed by atoms with Gasteiger partial charge in [0, 0.05) is 30.8 Å². The van der Waals surface area contributed by atoms with Crippen molar-refractivity contribution in [1.82, 2.24) is 10.1 Å². The van der Waals surface area contributed by atoms with Crippen LogP contribution in [0, 0.1) is 0 Å². The fourth-order valence-electron chi connectivity index (χ4n) is 4.03. The lowest BCUT2D eigenvalue weighted by Gasteiger charge is -2.34. The molecule has 3 aromatic rings. The molecule has 4 rings (SSSR count). The lowest BCUT2D eigenvalue weighted by molar-refractivity contribution is -0.141. The molecular formula is C24H24F3N3O4. The molecule has 2 heterocycles. The van der Waals surface area contributed by atoms with Gasteiger partial charge in [0.1, 0.15) is 5.75 Å². The van der Waals surface area contributed by atoms with Crippen molar-refractivity contribution in [3.05, 3.63) is 53.7 Å². The fourth-order valence-corrected chi connectivity index (χ4v) is 4.03. The first kappa shape index (κ1) is 23.6. The summed E-state index contributed by atoms with van der Waals surface area (Å²) in [6.07, 6.45) is -2.89. The summed E-state index contributed by atoms with van der Waals surface area (Å²) >= 11 is 0. The van der Waals surface area contributed by atoms with Crippen LogP contribution in [0.15, 0.2) is 47.0 Å². The minimum absolute atomic E-state index is 0.0616. The van der Waals surface area contributed by atoms with E-state index >= 15 is 0 Å². The zero-order valence-corrected chi connectivity index (χ0v) is 18.6. The number of carbonyl (C=O) groups is 2. The SMILES string of the molecule is CCCc1c(OCCCN2C(=O)CCN(c3ccccc3)C2=O)ccc2c(C(F)(F)F)noc12. The van der Waals surface area contributed by atoms with Gasteiger partial charge < -0.3 is 9.26 Å². The summed E-state index contributed by atoms with van der Waals surface area (Å²) in [5.41, 5.74) is 0.246. The number of benzene rings is 2. The van der Waals surface area contributed by atoms with Gasteiger partial charge in [-0.3, -0.25) is 14.6 Å². The molecular weight excluding hydrogens is 451 g/mol. The third-order valence-electron chi connectivity index (χ3n) is 5.63. The van der Waals surface area contributed by atoms with E-state index in [2.05, 4.69) is 5.16 Å². The molecule has 0 unspecified atom stereocenters. The number of hydrogen-bond acceptors (Lipinski definition) is 5. The Kier molecular flexibility index (Phi) is 6.76. The van der Waals surface area contributed by atoms with Crippen molar-refractivity contribution >= 4 is 28.6 Å². The molecule has 10 heteroatoms. The van der Waals surface area contributed by atoms with Gasteiger partial charge in [-0.25, -0.2) is 4.79 Å². The molecule has 0 bridgehead atoms. The van der Waals surface area contributed by atoms with Gasteiger partial charge in [0.05, 0.1) is 12.0 Å². The zero-order valence-electron chi connectivity index (χ0n) is 18.6. The summed E-state index contributed by atoms with van der Waals surface area (Å²) < 4.78 is 50.4. The van der Waals surface area contributed by atoms with Crippen molar-refractivity contribution in [2.75, 3.05) is 24.6 Å². The van der Waals surface area contributed by atoms with E-state index in [0.717, 1.165) is 5.69 Å². The van der Waals surface area contributed by atoms with Crippen LogP contribution in [-0.4, -0.2) is 41.7 Å². The Hall–Kier alpha value is -3.56. The van der Waals surface area contributed by atoms with Crippen molar-refractivity contribution in [2.24, 2.45) is 0 Å². The van der Waals surface area contributed by atoms with Crippen molar-refractivity contribution in [3.63, 3.8) is 0 Å². The first-order valence-corrected chi connectivity index (χ1v) is 11.1. The molecule has 0 radical (unpaired) electrons. The fraction of sp³-hybridized carbons (Fsp3) is 0.375. The first-order valence-electron chi connectivity index (χ1n) is 11.1. The number of halogens is 3. The molecule has 1 aromatic heterocycles. The average Bonchev–Trinajstić information content (AvgIpc) is 3.25. The summed E-state index contributed by atoms with van der Waals surface area (Å²) in [7, 11) is 0. The molecule has 1 aliphatic heterocycles. The molecule has 0 saturated carbocycles. The maximum atomic E-state index is 13.2. The minimum Gasteiger partial charge on any atom is -0.493 e. The van der Waals surface area contributed by atoms with Crippen LogP contribution in [-0.2, 0) is 17.4 Å². The molecule has 1 saturated heterocycles. The smallest absolute Gasteiger partial charge is 0.437 e. The van der Waals surface area contributed by atoms with E-state index < -0.39 is 11.9 Å². The van der Waals surface area contributed by atoms with E-state index in [-0.39, 0.29) is 42.5 Å². The number of urea groups is 1. The number of amides is 3. The third kappa shape index (κ3) is 4.71. The summed E-state index contributed by atoms with van der Waals surface area (Å²) in [6, 6.07) is 11.5. The number of rotatable bonds is 8. The Labute approximate surface area is 194 Å². The van der Waals surface area contributed by atoms with Crippen LogP contribution in [0.25, 0.3) is 11.0 Å². The normalized spacial score (nSPS) is 14.8. The maximum Gasteiger partial charge on any atom is 0.437 e. The second kappa shape index (κ2) is 9.74. The quantitative estimate of drug-likeness (QED) is 0.406. The standard InChI is InChI=1S/C24H24F3N3O4/c1-2-7-17-19(11-10-18-21(17)34-28-22(18)24(25,26)27)33-15-6-13-30-20(31)12-14-29(23(30)32)16-8-4-3-5-9-16/h3-5,8-11H,2,6-7,12-15H2,1H3. The van der Waals surface area contributed by atoms with Crippen LogP contribution in [0.5, 0.6) is 5.75 Å². The number of aryl methyl sites for hydroxylation is 1. The lowest BCUT2D eigenvalue weighted by Crippen LogP contribution is -2.52. The van der Waals surface area contributed by atoms with Crippen molar-refractivity contribution in [2.45, 2.75) is 38.8 Å². The first-order chi connectivity index (χ1) is 16.3. The van der Waals surface area contributed by atoms with Gasteiger partial charge in [-0.05, 0) is 37.1 Å². The molecule has 0 spiro atoms. The molecule has 0 N–H and O–H groups in total. The Bertz CT molecular complexity index is 1180. The predicted molar refractivity (Wildman–Crippen MR) is 119 cm³/mol. The van der Waals surface area contributed by atoms with Gasteiger partial charge in [-0.15, -0.1) is 0 Å². The number of carbonyl (C=O) groups excluding carboxylic acids is 2. The van der Waals surface area contributed by atoms with E-state index in [1.165, 1.54) is 17.0 Å². The Morgan fingerprint density at radius 2 is 1.88 bits per heavy atom. The highest BCUT2D eigenvalue weighted by Crippen LogP contribution is 2.38. The molecule has 1 aliphatic rings. The summed E-state index contributed by atoms with van der Waals surface area (Å²) in [4.78, 5) is 28.0. The topological polar surface area (TPSA) is 75.9 Å². The number of para-hydroxylation sites is 1. The highest BCUT2D eigenvalue weighted by Gasteiger charge is 2.38. The predicted octanol–water partition coefficient (Wildman–Crippen LogP) is 5.43. The van der Waals surface area contributed by atoms with Crippen molar-refractivity contribution < 1.29 is 32.0 Å². The van der Waals surface area contributed by atoms with Gasteiger partial charge in [0.2, 0.25) is 5.91 Å². The summed E-state index contributed by atoms with van der Waals surface area (Å²) in [6.45, 7) is 2.57. The number of anilines is 1. The Morgan fingerprint density at radius 1 is 1.12 bits per heavy atom. The van der Waals surface area contributed by atoms with Gasteiger partial charge in [0.25, 0.3) is 0 Å². The minimum atomic E-state index is -4.61. The average molecular weight is 475 g/mol. The highest BCUT2D eigenvalue weighted by atomic mass is 19.4. The zero-order chi connectivity index (χ0) is 24.3. The number of aromatic nitrogens is 1. The van der Waals surface area contributed by atoms with Gasteiger partial charge in [-0.1, -0.05) is 36.7 Å². The molecule has 34 heavy (non-hydrogen) atoms. The van der Waals surface area contributed by atoms with E-state index in [9.17, 15) is 22.8 Å². The maximum absolute atomic E-state index is 13.2. The second-order valence-corrected chi connectivity index (χ2v) is 7.97. The van der Waals surface area contributed by atoms with E-state index in [1.807, 2.05) is 37.3 Å². The molecule has 2 aromatic carbocycles. The third-order valence-corrected chi connectivity index (χ3v) is 5.63. The van der Waals surface area contributed by atoms with Gasteiger partial charge >= 0.3 is 12.2 Å². The monoisotopic (exact) mass is 475 g/mol. The number of ether oxygens (including phenoxy) is 1. The van der Waals surface area contributed by atoms with Crippen LogP contribution in [0.2, 0.25) is 0 Å². The van der Waals surface area contributed by atoms with E-state index in [1.54, 1.807) is 4.90 Å². The van der Waals surface area contributed by atoms with Crippen molar-refractivity contribution in [3.8, 4) is 5.75 Å². The number of alkyl halides is 3. The van der Waals surface area contributed by atoms with Crippen LogP contribution in [0.4, 0.5) is 23.7 Å². The van der Waals surface area contributed by atoms with Crippen molar-refractivity contribution in [1.29, 1.82) is 0 Å².